The van der Waals surface area contributed by atoms with E-state index in [0.717, 1.165) is 19.8 Å². The van der Waals surface area contributed by atoms with Crippen LogP contribution in [0.1, 0.15) is 32.6 Å². The number of likely N-dealkylation sites (N-methyl/N-ethyl adjacent to an activating group) is 1. The molecule has 0 aromatic rings. The molecule has 16 heavy (non-hydrogen) atoms. The van der Waals surface area contributed by atoms with Gasteiger partial charge in [-0.25, -0.2) is 0 Å². The summed E-state index contributed by atoms with van der Waals surface area (Å²) in [4.78, 5) is 0. The highest BCUT2D eigenvalue weighted by molar-refractivity contribution is 4.80. The van der Waals surface area contributed by atoms with Crippen molar-refractivity contribution in [1.29, 1.82) is 0 Å². The second-order valence-corrected chi connectivity index (χ2v) is 4.46. The van der Waals surface area contributed by atoms with Gasteiger partial charge in [-0.05, 0) is 32.7 Å². The second-order valence-electron chi connectivity index (χ2n) is 4.46. The van der Waals surface area contributed by atoms with Gasteiger partial charge in [0.1, 0.15) is 0 Å². The molecule has 2 unspecified atom stereocenters. The summed E-state index contributed by atoms with van der Waals surface area (Å²) in [6.45, 7) is 1.20. The third-order valence-corrected chi connectivity index (χ3v) is 3.33. The van der Waals surface area contributed by atoms with Crippen molar-refractivity contribution in [3.8, 4) is 0 Å². The maximum absolute atomic E-state index is 12.2. The van der Waals surface area contributed by atoms with Crippen molar-refractivity contribution in [1.82, 2.24) is 5.32 Å². The molecule has 5 heteroatoms. The van der Waals surface area contributed by atoms with E-state index in [1.165, 1.54) is 12.8 Å². The van der Waals surface area contributed by atoms with E-state index >= 15 is 0 Å². The van der Waals surface area contributed by atoms with Crippen LogP contribution in [0.3, 0.4) is 0 Å². The Labute approximate surface area is 94.5 Å². The molecule has 0 heterocycles. The Balaban J connectivity index is 2.33. The molecule has 0 radical (unpaired) electrons. The maximum atomic E-state index is 12.2. The van der Waals surface area contributed by atoms with Gasteiger partial charge in [0.25, 0.3) is 0 Å². The molecular weight excluding hydrogens is 219 g/mol. The normalized spacial score (nSPS) is 22.3. The van der Waals surface area contributed by atoms with Gasteiger partial charge in [-0.15, -0.1) is 0 Å². The molecule has 0 saturated heterocycles. The molecule has 1 fully saturated rings. The van der Waals surface area contributed by atoms with E-state index in [0.29, 0.717) is 5.92 Å². The second kappa shape index (κ2) is 5.87. The Hall–Kier alpha value is -0.290. The maximum Gasteiger partial charge on any atom is 0.414 e. The number of hydrogen-bond donors (Lipinski definition) is 1. The first-order chi connectivity index (χ1) is 7.45. The van der Waals surface area contributed by atoms with Gasteiger partial charge in [-0.2, -0.15) is 13.2 Å². The lowest BCUT2D eigenvalue weighted by Crippen LogP contribution is -2.40. The van der Waals surface area contributed by atoms with E-state index in [4.69, 9.17) is 4.74 Å². The summed E-state index contributed by atoms with van der Waals surface area (Å²) in [7, 11) is 1.78. The Morgan fingerprint density at radius 1 is 1.31 bits per heavy atom. The minimum Gasteiger partial charge on any atom is -0.367 e. The predicted octanol–water partition coefficient (Wildman–Crippen LogP) is 2.73. The third-order valence-electron chi connectivity index (χ3n) is 3.33. The zero-order valence-electron chi connectivity index (χ0n) is 9.81. The molecule has 0 amide bonds. The molecule has 0 aromatic heterocycles. The molecule has 1 aliphatic rings. The lowest BCUT2D eigenvalue weighted by molar-refractivity contribution is -0.216. The molecule has 1 saturated carbocycles. The molecule has 0 aliphatic heterocycles. The fraction of sp³-hybridized carbons (Fsp3) is 1.00. The molecule has 0 spiro atoms. The first-order valence-electron chi connectivity index (χ1n) is 5.80. The zero-order chi connectivity index (χ0) is 12.2. The van der Waals surface area contributed by atoms with Crippen LogP contribution in [0.2, 0.25) is 0 Å². The van der Waals surface area contributed by atoms with Gasteiger partial charge in [-0.3, -0.25) is 0 Å². The monoisotopic (exact) mass is 239 g/mol. The predicted molar refractivity (Wildman–Crippen MR) is 56.3 cm³/mol. The Kier molecular flexibility index (Phi) is 5.05. The highest BCUT2D eigenvalue weighted by Gasteiger charge is 2.37. The summed E-state index contributed by atoms with van der Waals surface area (Å²) < 4.78 is 41.6. The van der Waals surface area contributed by atoms with Crippen LogP contribution in [0.15, 0.2) is 0 Å². The topological polar surface area (TPSA) is 21.3 Å². The van der Waals surface area contributed by atoms with E-state index in [1.54, 1.807) is 7.05 Å². The van der Waals surface area contributed by atoms with E-state index < -0.39 is 12.3 Å². The van der Waals surface area contributed by atoms with Crippen LogP contribution in [0, 0.1) is 5.92 Å². The number of alkyl halides is 3. The van der Waals surface area contributed by atoms with Crippen molar-refractivity contribution in [2.45, 2.75) is 50.9 Å². The van der Waals surface area contributed by atoms with Gasteiger partial charge in [-0.1, -0.05) is 12.8 Å². The van der Waals surface area contributed by atoms with Crippen molar-refractivity contribution < 1.29 is 17.9 Å². The number of hydrogen-bond acceptors (Lipinski definition) is 2. The lowest BCUT2D eigenvalue weighted by Gasteiger charge is -2.25. The van der Waals surface area contributed by atoms with Crippen molar-refractivity contribution >= 4 is 0 Å². The van der Waals surface area contributed by atoms with Crippen LogP contribution in [0.5, 0.6) is 0 Å². The van der Waals surface area contributed by atoms with Crippen molar-refractivity contribution in [3.63, 3.8) is 0 Å². The fourth-order valence-electron chi connectivity index (χ4n) is 2.16. The average Bonchev–Trinajstić information content (AvgIpc) is 2.70. The van der Waals surface area contributed by atoms with Crippen LogP contribution < -0.4 is 5.32 Å². The van der Waals surface area contributed by atoms with Crippen LogP contribution in [-0.2, 0) is 4.74 Å². The molecule has 1 N–H and O–H groups in total. The molecule has 0 bridgehead atoms. The molecular formula is C11H20F3NO. The summed E-state index contributed by atoms with van der Waals surface area (Å²) in [6, 6.07) is 0.0484. The van der Waals surface area contributed by atoms with Gasteiger partial charge in [0.05, 0.1) is 6.61 Å². The first kappa shape index (κ1) is 13.8. The number of halogens is 3. The van der Waals surface area contributed by atoms with E-state index in [2.05, 4.69) is 5.32 Å². The van der Waals surface area contributed by atoms with Crippen LogP contribution >= 0.6 is 0 Å². The van der Waals surface area contributed by atoms with E-state index in [9.17, 15) is 13.2 Å². The average molecular weight is 239 g/mol. The standard InChI is InChI=1S/C11H20F3NO/c1-8(11(12,13)14)16-7-10(15-2)9-5-3-4-6-9/h8-10,15H,3-7H2,1-2H3. The summed E-state index contributed by atoms with van der Waals surface area (Å²) in [6.07, 6.45) is -1.39. The Bertz CT molecular complexity index is 202. The highest BCUT2D eigenvalue weighted by Crippen LogP contribution is 2.29. The molecule has 2 atom stereocenters. The van der Waals surface area contributed by atoms with Crippen LogP contribution in [0.25, 0.3) is 0 Å². The number of ether oxygens (including phenoxy) is 1. The molecule has 1 aliphatic carbocycles. The molecule has 1 rings (SSSR count). The minimum absolute atomic E-state index is 0.0484. The Morgan fingerprint density at radius 3 is 2.31 bits per heavy atom. The Morgan fingerprint density at radius 2 is 1.88 bits per heavy atom. The molecule has 0 aromatic carbocycles. The van der Waals surface area contributed by atoms with Gasteiger partial charge < -0.3 is 10.1 Å². The summed E-state index contributed by atoms with van der Waals surface area (Å²) in [5, 5.41) is 3.06. The fourth-order valence-corrected chi connectivity index (χ4v) is 2.16. The third kappa shape index (κ3) is 3.94. The van der Waals surface area contributed by atoms with Gasteiger partial charge in [0.2, 0.25) is 0 Å². The summed E-state index contributed by atoms with van der Waals surface area (Å²) in [5.74, 6) is 0.463. The quantitative estimate of drug-likeness (QED) is 0.796. The van der Waals surface area contributed by atoms with E-state index in [-0.39, 0.29) is 12.6 Å². The number of nitrogens with one attached hydrogen (secondary N) is 1. The van der Waals surface area contributed by atoms with Gasteiger partial charge in [0, 0.05) is 6.04 Å². The molecule has 2 nitrogen and oxygen atoms in total. The first-order valence-corrected chi connectivity index (χ1v) is 5.80. The van der Waals surface area contributed by atoms with Gasteiger partial charge >= 0.3 is 6.18 Å². The highest BCUT2D eigenvalue weighted by atomic mass is 19.4. The van der Waals surface area contributed by atoms with Crippen molar-refractivity contribution in [3.05, 3.63) is 0 Å². The van der Waals surface area contributed by atoms with Crippen molar-refractivity contribution in [2.75, 3.05) is 13.7 Å². The summed E-state index contributed by atoms with van der Waals surface area (Å²) >= 11 is 0. The number of rotatable bonds is 5. The van der Waals surface area contributed by atoms with E-state index in [1.807, 2.05) is 0 Å². The summed E-state index contributed by atoms with van der Waals surface area (Å²) in [5.41, 5.74) is 0. The minimum atomic E-state index is -4.26. The molecule has 96 valence electrons. The van der Waals surface area contributed by atoms with Gasteiger partial charge in [0.15, 0.2) is 6.10 Å². The smallest absolute Gasteiger partial charge is 0.367 e. The SMILES string of the molecule is CNC(COC(C)C(F)(F)F)C1CCCC1. The largest absolute Gasteiger partial charge is 0.414 e. The van der Waals surface area contributed by atoms with Crippen LogP contribution in [-0.4, -0.2) is 32.0 Å². The van der Waals surface area contributed by atoms with Crippen molar-refractivity contribution in [2.24, 2.45) is 5.92 Å². The van der Waals surface area contributed by atoms with Crippen LogP contribution in [0.4, 0.5) is 13.2 Å². The zero-order valence-corrected chi connectivity index (χ0v) is 9.81. The lowest BCUT2D eigenvalue weighted by atomic mass is 9.99.